The van der Waals surface area contributed by atoms with Crippen molar-refractivity contribution in [2.24, 2.45) is 34.5 Å². The van der Waals surface area contributed by atoms with E-state index in [0.717, 1.165) is 12.1 Å². The van der Waals surface area contributed by atoms with Crippen LogP contribution in [0.5, 0.6) is 11.5 Å². The molecule has 248 valence electrons. The predicted molar refractivity (Wildman–Crippen MR) is 161 cm³/mol. The van der Waals surface area contributed by atoms with Gasteiger partial charge in [0.2, 0.25) is 0 Å². The number of likely N-dealkylation sites (tertiary alicyclic amines) is 1. The van der Waals surface area contributed by atoms with Crippen molar-refractivity contribution in [3.8, 4) is 11.5 Å². The number of carbonyl (C=O) groups is 1. The molecule has 0 unspecified atom stereocenters. The lowest BCUT2D eigenvalue weighted by Gasteiger charge is -2.68. The first-order valence-electron chi connectivity index (χ1n) is 16.0. The summed E-state index contributed by atoms with van der Waals surface area (Å²) >= 11 is 0. The Bertz CT molecular complexity index is 1370. The fourth-order valence-electron chi connectivity index (χ4n) is 11.6. The second-order valence-electron chi connectivity index (χ2n) is 13.9. The van der Waals surface area contributed by atoms with E-state index in [4.69, 9.17) is 33.2 Å². The number of aliphatic hydroxyl groups is 2. The fourth-order valence-corrected chi connectivity index (χ4v) is 11.6. The number of hydrogen-bond acceptors (Lipinski definition) is 11. The van der Waals surface area contributed by atoms with Crippen molar-refractivity contribution in [2.45, 2.75) is 61.9 Å². The van der Waals surface area contributed by atoms with Crippen LogP contribution in [-0.4, -0.2) is 126 Å². The second kappa shape index (κ2) is 10.9. The Morgan fingerprint density at radius 3 is 2.40 bits per heavy atom. The molecule has 1 aromatic rings. The molecule has 0 radical (unpaired) electrons. The van der Waals surface area contributed by atoms with E-state index in [9.17, 15) is 15.0 Å². The van der Waals surface area contributed by atoms with Gasteiger partial charge < -0.3 is 43.4 Å². The van der Waals surface area contributed by atoms with Crippen molar-refractivity contribution in [3.05, 3.63) is 35.4 Å². The largest absolute Gasteiger partial charge is 0.493 e. The van der Waals surface area contributed by atoms with E-state index >= 15 is 0 Å². The Morgan fingerprint density at radius 2 is 1.78 bits per heavy atom. The van der Waals surface area contributed by atoms with Crippen LogP contribution < -0.4 is 9.47 Å². The third-order valence-corrected chi connectivity index (χ3v) is 12.8. The molecule has 7 bridgehead atoms. The molecular formula is C34H47NO10. The Kier molecular flexibility index (Phi) is 7.60. The highest BCUT2D eigenvalue weighted by Crippen LogP contribution is 2.78. The summed E-state index contributed by atoms with van der Waals surface area (Å²) in [6.07, 6.45) is 0.141. The Labute approximate surface area is 264 Å². The molecule has 1 aliphatic heterocycles. The van der Waals surface area contributed by atoms with E-state index in [2.05, 4.69) is 17.9 Å². The summed E-state index contributed by atoms with van der Waals surface area (Å²) in [5.41, 5.74) is -1.17. The van der Waals surface area contributed by atoms with Gasteiger partial charge in [0.15, 0.2) is 11.5 Å². The molecule has 1 heterocycles. The van der Waals surface area contributed by atoms with Crippen LogP contribution in [0.3, 0.4) is 0 Å². The Hall–Kier alpha value is -2.25. The molecule has 11 nitrogen and oxygen atoms in total. The number of carbonyl (C=O) groups excluding carboxylic acids is 1. The number of esters is 1. The minimum absolute atomic E-state index is 0.0486. The second-order valence-corrected chi connectivity index (χ2v) is 13.9. The fraction of sp³-hybridized carbons (Fsp3) is 0.735. The third kappa shape index (κ3) is 3.74. The van der Waals surface area contributed by atoms with Crippen LogP contribution in [0, 0.1) is 34.5 Å². The summed E-state index contributed by atoms with van der Waals surface area (Å²) < 4.78 is 42.0. The Morgan fingerprint density at radius 1 is 1.02 bits per heavy atom. The molecule has 0 aromatic heterocycles. The van der Waals surface area contributed by atoms with Gasteiger partial charge >= 0.3 is 5.97 Å². The van der Waals surface area contributed by atoms with Gasteiger partial charge in [0, 0.05) is 76.0 Å². The van der Waals surface area contributed by atoms with Crippen molar-refractivity contribution < 1.29 is 48.2 Å². The van der Waals surface area contributed by atoms with Gasteiger partial charge in [-0.3, -0.25) is 4.90 Å². The summed E-state index contributed by atoms with van der Waals surface area (Å²) in [6.45, 7) is 4.00. The number of aliphatic hydroxyl groups excluding tert-OH is 1. The first kappa shape index (κ1) is 31.4. The lowest BCUT2D eigenvalue weighted by Crippen LogP contribution is -2.76. The highest BCUT2D eigenvalue weighted by atomic mass is 16.6. The molecule has 5 aliphatic carbocycles. The monoisotopic (exact) mass is 629 g/mol. The molecule has 1 aromatic carbocycles. The summed E-state index contributed by atoms with van der Waals surface area (Å²) in [7, 11) is 9.83. The van der Waals surface area contributed by atoms with Crippen LogP contribution >= 0.6 is 0 Å². The SMILES string of the molecule is CCN1C[C@]2(COC)[C@H](O)C[C@H](OC)[C@@]34[C@@H]5C[C@@]6(O)[C@@H](OC)C=C([C@H]5[C@H]6OC(=O)c5ccc(OC)c(OC)c5)[C@@H]([C@@H](OC)[C@H]23)[C@@H]14. The Balaban J connectivity index is 1.39. The van der Waals surface area contributed by atoms with Gasteiger partial charge in [-0.25, -0.2) is 4.79 Å². The maximum absolute atomic E-state index is 13.9. The smallest absolute Gasteiger partial charge is 0.338 e. The van der Waals surface area contributed by atoms with Crippen molar-refractivity contribution >= 4 is 5.97 Å². The van der Waals surface area contributed by atoms with Gasteiger partial charge in [-0.2, -0.15) is 0 Å². The summed E-state index contributed by atoms with van der Waals surface area (Å²) in [4.78, 5) is 16.4. The minimum atomic E-state index is -1.47. The number of ether oxygens (including phenoxy) is 7. The molecule has 13 atom stereocenters. The van der Waals surface area contributed by atoms with Crippen molar-refractivity contribution in [2.75, 3.05) is 62.4 Å². The van der Waals surface area contributed by atoms with Crippen LogP contribution in [-0.2, 0) is 23.7 Å². The molecule has 1 saturated heterocycles. The molecule has 45 heavy (non-hydrogen) atoms. The van der Waals surface area contributed by atoms with E-state index in [-0.39, 0.29) is 41.9 Å². The molecule has 11 heteroatoms. The quantitative estimate of drug-likeness (QED) is 0.291. The number of rotatable bonds is 10. The first-order valence-corrected chi connectivity index (χ1v) is 16.0. The summed E-state index contributed by atoms with van der Waals surface area (Å²) in [6, 6.07) is 4.96. The van der Waals surface area contributed by atoms with E-state index < -0.39 is 40.7 Å². The van der Waals surface area contributed by atoms with Crippen LogP contribution in [0.25, 0.3) is 0 Å². The highest BCUT2D eigenvalue weighted by Gasteiger charge is 2.85. The van der Waals surface area contributed by atoms with Gasteiger partial charge in [-0.05, 0) is 37.1 Å². The zero-order valence-electron chi connectivity index (χ0n) is 27.2. The molecular weight excluding hydrogens is 582 g/mol. The average Bonchev–Trinajstić information content (AvgIpc) is 3.39. The van der Waals surface area contributed by atoms with Gasteiger partial charge in [-0.1, -0.05) is 18.6 Å². The average molecular weight is 630 g/mol. The van der Waals surface area contributed by atoms with Gasteiger partial charge in [0.1, 0.15) is 17.8 Å². The zero-order chi connectivity index (χ0) is 32.1. The van der Waals surface area contributed by atoms with Gasteiger partial charge in [0.25, 0.3) is 0 Å². The van der Waals surface area contributed by atoms with Crippen molar-refractivity contribution in [1.29, 1.82) is 0 Å². The van der Waals surface area contributed by atoms with Gasteiger partial charge in [0.05, 0.1) is 44.7 Å². The number of methoxy groups -OCH3 is 6. The van der Waals surface area contributed by atoms with E-state index in [1.807, 2.05) is 0 Å². The summed E-state index contributed by atoms with van der Waals surface area (Å²) in [5.74, 6) is -0.235. The lowest BCUT2D eigenvalue weighted by atomic mass is 9.43. The van der Waals surface area contributed by atoms with Crippen LogP contribution in [0.4, 0.5) is 0 Å². The first-order chi connectivity index (χ1) is 21.7. The molecule has 1 spiro atoms. The third-order valence-electron chi connectivity index (χ3n) is 12.8. The maximum atomic E-state index is 13.9. The van der Waals surface area contributed by atoms with Crippen molar-refractivity contribution in [1.82, 2.24) is 4.90 Å². The number of hydrogen-bond donors (Lipinski definition) is 2. The van der Waals surface area contributed by atoms with Crippen LogP contribution in [0.15, 0.2) is 29.8 Å². The minimum Gasteiger partial charge on any atom is -0.493 e. The van der Waals surface area contributed by atoms with E-state index in [1.54, 1.807) is 46.6 Å². The van der Waals surface area contributed by atoms with Crippen LogP contribution in [0.1, 0.15) is 30.1 Å². The van der Waals surface area contributed by atoms with Crippen molar-refractivity contribution in [3.63, 3.8) is 0 Å². The number of fused-ring (bicyclic) bond motifs is 2. The molecule has 4 saturated carbocycles. The normalized spacial score (nSPS) is 45.7. The van der Waals surface area contributed by atoms with E-state index in [1.165, 1.54) is 14.2 Å². The number of piperidine rings is 1. The topological polar surface area (TPSA) is 125 Å². The highest BCUT2D eigenvalue weighted by molar-refractivity contribution is 5.90. The molecule has 0 amide bonds. The number of benzene rings is 1. The molecule has 6 aliphatic rings. The van der Waals surface area contributed by atoms with E-state index in [0.29, 0.717) is 43.1 Å². The molecule has 2 N–H and O–H groups in total. The predicted octanol–water partition coefficient (Wildman–Crippen LogP) is 1.93. The number of nitrogens with zero attached hydrogens (tertiary/aromatic N) is 1. The lowest BCUT2D eigenvalue weighted by molar-refractivity contribution is -0.275. The molecule has 5 fully saturated rings. The zero-order valence-corrected chi connectivity index (χ0v) is 27.2. The van der Waals surface area contributed by atoms with Crippen LogP contribution in [0.2, 0.25) is 0 Å². The van der Waals surface area contributed by atoms with Gasteiger partial charge in [-0.15, -0.1) is 0 Å². The molecule has 7 rings (SSSR count). The standard InChI is InChI=1S/C34H47NO10/c1-8-35-15-32(16-39-2)22(36)13-24(43-6)34-19-14-33(38)23(42-5)12-18(26(29(34)35)27(44-7)28(32)34)25(19)30(33)45-31(37)17-9-10-20(40-3)21(11-17)41-4/h9-12,19,22-30,36,38H,8,13-16H2,1-7H3/t19-,22-,23+,24+,25-,26+,27-,28-,29-,30-,32+,33-,34+/m1/s1. The maximum Gasteiger partial charge on any atom is 0.338 e. The summed E-state index contributed by atoms with van der Waals surface area (Å²) in [5, 5.41) is 24.6.